The minimum atomic E-state index is -1.63. The molecule has 0 radical (unpaired) electrons. The van der Waals surface area contributed by atoms with E-state index in [4.69, 9.17) is 33.2 Å². The first-order chi connectivity index (χ1) is 21.5. The van der Waals surface area contributed by atoms with Crippen LogP contribution in [-0.4, -0.2) is 182 Å². The summed E-state index contributed by atoms with van der Waals surface area (Å²) in [5, 5.41) is 92.6. The SMILES string of the molecule is COC1CC(O[C@H]2O[C@@H](CO)[C@H](O)[C@H](O)[C@@H]2O)C2CC(O[C@H]3O[C@@H](CO)[C@H](O)[C@H](O)[C@@H]3O)C(C3CCC(O)C(OC)C3)[OH+]C2C1. The van der Waals surface area contributed by atoms with Crippen LogP contribution in [-0.2, 0) is 28.4 Å². The Hall–Kier alpha value is -0.640. The van der Waals surface area contributed by atoms with E-state index in [1.807, 2.05) is 0 Å². The van der Waals surface area contributed by atoms with Crippen LogP contribution in [0.15, 0.2) is 0 Å². The minimum absolute atomic E-state index is 0.0816. The van der Waals surface area contributed by atoms with E-state index in [2.05, 4.69) is 0 Å². The Morgan fingerprint density at radius 2 is 1.20 bits per heavy atom. The Balaban J connectivity index is 1.40. The zero-order chi connectivity index (χ0) is 32.6. The highest BCUT2D eigenvalue weighted by Crippen LogP contribution is 2.44. The van der Waals surface area contributed by atoms with Gasteiger partial charge in [0, 0.05) is 33.0 Å². The van der Waals surface area contributed by atoms with Crippen molar-refractivity contribution in [2.45, 2.75) is 143 Å². The van der Waals surface area contributed by atoms with Gasteiger partial charge in [0.05, 0.1) is 43.5 Å². The fourth-order valence-corrected chi connectivity index (χ4v) is 7.75. The third-order valence-corrected chi connectivity index (χ3v) is 10.5. The Morgan fingerprint density at radius 3 is 1.73 bits per heavy atom. The van der Waals surface area contributed by atoms with Crippen LogP contribution in [0.5, 0.6) is 0 Å². The molecule has 0 bridgehead atoms. The lowest BCUT2D eigenvalue weighted by atomic mass is 9.72. The van der Waals surface area contributed by atoms with Crippen LogP contribution in [0.4, 0.5) is 0 Å². The standard InChI is InChI=1S/C29H50O16/c1-39-12-6-15-13(16(7-12)42-28-25(37)23(35)21(33)19(9-30)44-28)8-18(27(41-15)11-3-4-14(32)17(5-11)40-2)43-29-26(38)24(36)22(34)20(10-31)45-29/h11-38H,3-10H2,1-2H3/p+1/t11?,12?,13?,14?,15?,16?,17?,18?,19-,20-,21-,22-,23-,24-,25-,26-,27?,28-,29-/m0/s1. The molecule has 3 heterocycles. The molecule has 5 rings (SSSR count). The van der Waals surface area contributed by atoms with Crippen LogP contribution < -0.4 is 0 Å². The van der Waals surface area contributed by atoms with Gasteiger partial charge in [0.25, 0.3) is 0 Å². The van der Waals surface area contributed by atoms with E-state index in [-0.39, 0.29) is 24.0 Å². The van der Waals surface area contributed by atoms with E-state index in [9.17, 15) is 46.0 Å². The summed E-state index contributed by atoms with van der Waals surface area (Å²) in [7, 11) is 3.12. The third kappa shape index (κ3) is 7.36. The molecule has 5 aliphatic rings. The molecule has 262 valence electrons. The number of ether oxygens (including phenoxy) is 7. The lowest BCUT2D eigenvalue weighted by Crippen LogP contribution is -2.64. The number of aliphatic hydroxyl groups excluding tert-OH is 9. The normalized spacial score (nSPS) is 52.7. The second kappa shape index (κ2) is 15.3. The molecular formula is C29H51O16+. The highest BCUT2D eigenvalue weighted by atomic mass is 16.7. The molecule has 0 aromatic carbocycles. The van der Waals surface area contributed by atoms with Gasteiger partial charge in [-0.05, 0) is 25.7 Å². The van der Waals surface area contributed by atoms with Crippen molar-refractivity contribution in [1.29, 1.82) is 0 Å². The van der Waals surface area contributed by atoms with Gasteiger partial charge in [-0.3, -0.25) is 0 Å². The van der Waals surface area contributed by atoms with Crippen LogP contribution in [0, 0.1) is 11.8 Å². The number of hydrogen-bond acceptors (Lipinski definition) is 15. The molecule has 19 atom stereocenters. The molecule has 16 nitrogen and oxygen atoms in total. The van der Waals surface area contributed by atoms with E-state index in [0.717, 1.165) is 0 Å². The predicted octanol–water partition coefficient (Wildman–Crippen LogP) is -4.37. The number of methoxy groups -OCH3 is 2. The monoisotopic (exact) mass is 655 g/mol. The number of rotatable bonds is 9. The molecule has 0 aromatic rings. The van der Waals surface area contributed by atoms with Gasteiger partial charge in [-0.15, -0.1) is 0 Å². The van der Waals surface area contributed by atoms with Crippen molar-refractivity contribution in [2.24, 2.45) is 11.8 Å². The van der Waals surface area contributed by atoms with E-state index < -0.39 is 105 Å². The van der Waals surface area contributed by atoms with E-state index >= 15 is 0 Å². The van der Waals surface area contributed by atoms with E-state index in [0.29, 0.717) is 38.5 Å². The molecule has 10 N–H and O–H groups in total. The van der Waals surface area contributed by atoms with Crippen molar-refractivity contribution in [1.82, 2.24) is 0 Å². The fourth-order valence-electron chi connectivity index (χ4n) is 7.75. The predicted molar refractivity (Wildman–Crippen MR) is 149 cm³/mol. The Labute approximate surface area is 261 Å². The van der Waals surface area contributed by atoms with Crippen LogP contribution in [0.1, 0.15) is 38.5 Å². The number of hydrogen-bond donors (Lipinski definition) is 9. The summed E-state index contributed by atoms with van der Waals surface area (Å²) in [6, 6.07) is 0. The topological polar surface area (TPSA) is 250 Å². The van der Waals surface area contributed by atoms with Gasteiger partial charge in [-0.25, -0.2) is 0 Å². The number of fused-ring (bicyclic) bond motifs is 1. The zero-order valence-corrected chi connectivity index (χ0v) is 25.5. The van der Waals surface area contributed by atoms with Crippen LogP contribution in [0.3, 0.4) is 0 Å². The molecule has 0 aromatic heterocycles. The van der Waals surface area contributed by atoms with Crippen molar-refractivity contribution in [2.75, 3.05) is 27.4 Å². The van der Waals surface area contributed by atoms with Gasteiger partial charge >= 0.3 is 0 Å². The Bertz CT molecular complexity index is 927. The average molecular weight is 656 g/mol. The molecule has 2 aliphatic carbocycles. The molecule has 16 heteroatoms. The lowest BCUT2D eigenvalue weighted by Gasteiger charge is -2.50. The second-order valence-corrected chi connectivity index (χ2v) is 13.1. The van der Waals surface area contributed by atoms with Gasteiger partial charge in [0.1, 0.15) is 54.9 Å². The van der Waals surface area contributed by atoms with Crippen molar-refractivity contribution in [3.8, 4) is 0 Å². The van der Waals surface area contributed by atoms with Gasteiger partial charge in [0.2, 0.25) is 0 Å². The molecule has 0 spiro atoms. The maximum Gasteiger partial charge on any atom is 0.187 e. The molecule has 0 amide bonds. The summed E-state index contributed by atoms with van der Waals surface area (Å²) in [4.78, 5) is 0. The van der Waals surface area contributed by atoms with Crippen molar-refractivity contribution in [3.63, 3.8) is 0 Å². The maximum atomic E-state index is 10.8. The first-order valence-corrected chi connectivity index (χ1v) is 15.9. The fraction of sp³-hybridized carbons (Fsp3) is 1.00. The van der Waals surface area contributed by atoms with Crippen LogP contribution >= 0.6 is 0 Å². The molecule has 9 unspecified atom stereocenters. The summed E-state index contributed by atoms with van der Waals surface area (Å²) < 4.78 is 40.4. The molecule has 2 saturated carbocycles. The molecular weight excluding hydrogens is 604 g/mol. The Morgan fingerprint density at radius 1 is 0.622 bits per heavy atom. The highest BCUT2D eigenvalue weighted by Gasteiger charge is 2.56. The zero-order valence-electron chi connectivity index (χ0n) is 25.5. The lowest BCUT2D eigenvalue weighted by molar-refractivity contribution is -0.367. The van der Waals surface area contributed by atoms with Gasteiger partial charge in [-0.2, -0.15) is 0 Å². The van der Waals surface area contributed by atoms with Gasteiger partial charge in [-0.1, -0.05) is 0 Å². The first-order valence-electron chi connectivity index (χ1n) is 15.9. The largest absolute Gasteiger partial charge is 0.427 e. The summed E-state index contributed by atoms with van der Waals surface area (Å²) in [5.41, 5.74) is 0. The van der Waals surface area contributed by atoms with Gasteiger partial charge < -0.3 is 79.1 Å². The quantitative estimate of drug-likeness (QED) is 0.106. The smallest absolute Gasteiger partial charge is 0.187 e. The van der Waals surface area contributed by atoms with Crippen molar-refractivity contribution >= 4 is 0 Å². The second-order valence-electron chi connectivity index (χ2n) is 13.1. The maximum absolute atomic E-state index is 10.8. The summed E-state index contributed by atoms with van der Waals surface area (Å²) in [5.74, 6) is -0.413. The first kappa shape index (κ1) is 35.7. The molecule has 5 fully saturated rings. The molecule has 3 saturated heterocycles. The van der Waals surface area contributed by atoms with Gasteiger partial charge in [0.15, 0.2) is 24.8 Å². The van der Waals surface area contributed by atoms with E-state index in [1.54, 1.807) is 7.11 Å². The van der Waals surface area contributed by atoms with Crippen molar-refractivity contribution < 1.29 is 79.1 Å². The van der Waals surface area contributed by atoms with Crippen molar-refractivity contribution in [3.05, 3.63) is 0 Å². The molecule has 3 aliphatic heterocycles. The third-order valence-electron chi connectivity index (χ3n) is 10.5. The highest BCUT2D eigenvalue weighted by molar-refractivity contribution is 5.00. The number of aliphatic hydroxyl groups is 11. The summed E-state index contributed by atoms with van der Waals surface area (Å²) in [6.45, 7) is -1.22. The summed E-state index contributed by atoms with van der Waals surface area (Å²) >= 11 is 0. The minimum Gasteiger partial charge on any atom is -0.427 e. The van der Waals surface area contributed by atoms with Crippen LogP contribution in [0.2, 0.25) is 0 Å². The Kier molecular flexibility index (Phi) is 12.1. The summed E-state index contributed by atoms with van der Waals surface area (Å²) in [6.07, 6.45) is -15.2. The average Bonchev–Trinajstić information content (AvgIpc) is 3.05. The molecule has 45 heavy (non-hydrogen) atoms. The van der Waals surface area contributed by atoms with Crippen LogP contribution in [0.25, 0.3) is 0 Å². The van der Waals surface area contributed by atoms with E-state index in [1.165, 1.54) is 7.11 Å².